The topological polar surface area (TPSA) is 55.1 Å². The predicted octanol–water partition coefficient (Wildman–Crippen LogP) is 3.26. The Labute approximate surface area is 122 Å². The molecule has 2 atom stereocenters. The molecule has 0 saturated heterocycles. The van der Waals surface area contributed by atoms with Gasteiger partial charge < -0.3 is 11.1 Å². The fourth-order valence-corrected chi connectivity index (χ4v) is 1.97. The van der Waals surface area contributed by atoms with E-state index < -0.39 is 35.1 Å². The Hall–Kier alpha value is -1.56. The molecule has 6 heteroatoms. The zero-order valence-electron chi connectivity index (χ0n) is 12.6. The number of nitrogens with two attached hydrogens (primary N) is 1. The van der Waals surface area contributed by atoms with Crippen LogP contribution in [-0.2, 0) is 11.0 Å². The quantitative estimate of drug-likeness (QED) is 0.900. The highest BCUT2D eigenvalue weighted by atomic mass is 19.4. The minimum Gasteiger partial charge on any atom is -0.347 e. The minimum absolute atomic E-state index is 0.396. The third kappa shape index (κ3) is 4.74. The van der Waals surface area contributed by atoms with Crippen LogP contribution in [0, 0.1) is 5.41 Å². The highest BCUT2D eigenvalue weighted by molar-refractivity contribution is 5.81. The summed E-state index contributed by atoms with van der Waals surface area (Å²) in [6, 6.07) is 3.72. The first-order chi connectivity index (χ1) is 9.43. The summed E-state index contributed by atoms with van der Waals surface area (Å²) in [6.07, 6.45) is -4.41. The van der Waals surface area contributed by atoms with E-state index in [-0.39, 0.29) is 0 Å². The van der Waals surface area contributed by atoms with Gasteiger partial charge in [-0.2, -0.15) is 13.2 Å². The number of carbonyl (C=O) groups is 1. The van der Waals surface area contributed by atoms with E-state index in [1.54, 1.807) is 6.07 Å². The Balaban J connectivity index is 3.19. The minimum atomic E-state index is -4.41. The van der Waals surface area contributed by atoms with Crippen molar-refractivity contribution in [3.63, 3.8) is 0 Å². The molecule has 21 heavy (non-hydrogen) atoms. The lowest BCUT2D eigenvalue weighted by Crippen LogP contribution is -2.44. The zero-order chi connectivity index (χ0) is 16.4. The maximum Gasteiger partial charge on any atom is 0.416 e. The zero-order valence-corrected chi connectivity index (χ0v) is 12.6. The maximum atomic E-state index is 12.8. The summed E-state index contributed by atoms with van der Waals surface area (Å²) in [5, 5.41) is 2.72. The van der Waals surface area contributed by atoms with E-state index in [4.69, 9.17) is 5.73 Å². The van der Waals surface area contributed by atoms with Gasteiger partial charge in [0.05, 0.1) is 17.6 Å². The number of alkyl halides is 3. The monoisotopic (exact) mass is 302 g/mol. The van der Waals surface area contributed by atoms with Gasteiger partial charge in [0, 0.05) is 0 Å². The third-order valence-electron chi connectivity index (χ3n) is 3.11. The summed E-state index contributed by atoms with van der Waals surface area (Å²) in [4.78, 5) is 11.8. The van der Waals surface area contributed by atoms with Gasteiger partial charge in [0.15, 0.2) is 0 Å². The number of nitrogens with one attached hydrogen (secondary N) is 1. The van der Waals surface area contributed by atoms with Gasteiger partial charge in [-0.05, 0) is 30.0 Å². The number of rotatable bonds is 3. The van der Waals surface area contributed by atoms with E-state index in [0.29, 0.717) is 5.56 Å². The molecule has 0 aliphatic heterocycles. The van der Waals surface area contributed by atoms with Crippen molar-refractivity contribution in [2.24, 2.45) is 11.1 Å². The number of carbonyl (C=O) groups excluding carboxylic acids is 1. The average molecular weight is 302 g/mol. The van der Waals surface area contributed by atoms with E-state index >= 15 is 0 Å². The van der Waals surface area contributed by atoms with Crippen LogP contribution in [0.2, 0.25) is 0 Å². The third-order valence-corrected chi connectivity index (χ3v) is 3.11. The molecular formula is C15H21F3N2O. The average Bonchev–Trinajstić information content (AvgIpc) is 2.33. The Morgan fingerprint density at radius 3 is 2.24 bits per heavy atom. The second-order valence-corrected chi connectivity index (χ2v) is 6.22. The normalized spacial score (nSPS) is 15.4. The molecule has 0 saturated carbocycles. The number of halogens is 3. The molecule has 0 aliphatic carbocycles. The Morgan fingerprint density at radius 2 is 1.81 bits per heavy atom. The lowest BCUT2D eigenvalue weighted by molar-refractivity contribution is -0.137. The van der Waals surface area contributed by atoms with Crippen molar-refractivity contribution in [2.45, 2.75) is 46.0 Å². The second kappa shape index (κ2) is 6.05. The number of hydrogen-bond donors (Lipinski definition) is 2. The standard InChI is InChI=1S/C15H21F3N2O/c1-9(19)13(21)20-12(14(2,3)4)10-6-5-7-11(8-10)15(16,17)18/h5-9,12H,19H2,1-4H3,(H,20,21)/t9-,12?/m1/s1. The molecule has 3 N–H and O–H groups in total. The van der Waals surface area contributed by atoms with Crippen molar-refractivity contribution >= 4 is 5.91 Å². The summed E-state index contributed by atoms with van der Waals surface area (Å²) >= 11 is 0. The van der Waals surface area contributed by atoms with Crippen molar-refractivity contribution in [3.05, 3.63) is 35.4 Å². The molecule has 1 rings (SSSR count). The summed E-state index contributed by atoms with van der Waals surface area (Å²) in [7, 11) is 0. The lowest BCUT2D eigenvalue weighted by atomic mass is 9.81. The van der Waals surface area contributed by atoms with Crippen LogP contribution < -0.4 is 11.1 Å². The molecule has 0 aromatic heterocycles. The summed E-state index contributed by atoms with van der Waals surface area (Å²) in [5.41, 5.74) is 4.74. The molecular weight excluding hydrogens is 281 g/mol. The molecule has 1 aromatic rings. The van der Waals surface area contributed by atoms with E-state index in [1.165, 1.54) is 13.0 Å². The molecule has 0 aliphatic rings. The van der Waals surface area contributed by atoms with Crippen LogP contribution in [0.1, 0.15) is 44.9 Å². The number of amides is 1. The van der Waals surface area contributed by atoms with Gasteiger partial charge in [-0.3, -0.25) is 4.79 Å². The molecule has 118 valence electrons. The molecule has 0 radical (unpaired) electrons. The molecule has 1 aromatic carbocycles. The van der Waals surface area contributed by atoms with E-state index in [0.717, 1.165) is 12.1 Å². The van der Waals surface area contributed by atoms with Crippen LogP contribution in [0.5, 0.6) is 0 Å². The van der Waals surface area contributed by atoms with Crippen molar-refractivity contribution in [2.75, 3.05) is 0 Å². The highest BCUT2D eigenvalue weighted by Gasteiger charge is 2.33. The van der Waals surface area contributed by atoms with Crippen LogP contribution in [0.15, 0.2) is 24.3 Å². The molecule has 1 amide bonds. The predicted molar refractivity (Wildman–Crippen MR) is 75.4 cm³/mol. The van der Waals surface area contributed by atoms with Gasteiger partial charge in [-0.25, -0.2) is 0 Å². The fourth-order valence-electron chi connectivity index (χ4n) is 1.97. The van der Waals surface area contributed by atoms with Crippen LogP contribution in [0.25, 0.3) is 0 Å². The maximum absolute atomic E-state index is 12.8. The molecule has 0 fully saturated rings. The number of benzene rings is 1. The molecule has 0 bridgehead atoms. The molecule has 0 heterocycles. The SMILES string of the molecule is C[C@@H](N)C(=O)NC(c1cccc(C(F)(F)F)c1)C(C)(C)C. The van der Waals surface area contributed by atoms with E-state index in [9.17, 15) is 18.0 Å². The van der Waals surface area contributed by atoms with Gasteiger partial charge in [-0.1, -0.05) is 32.9 Å². The van der Waals surface area contributed by atoms with E-state index in [1.807, 2.05) is 20.8 Å². The van der Waals surface area contributed by atoms with Gasteiger partial charge >= 0.3 is 6.18 Å². The fraction of sp³-hybridized carbons (Fsp3) is 0.533. The smallest absolute Gasteiger partial charge is 0.347 e. The van der Waals surface area contributed by atoms with Crippen LogP contribution in [0.4, 0.5) is 13.2 Å². The first-order valence-electron chi connectivity index (χ1n) is 6.66. The first-order valence-corrected chi connectivity index (χ1v) is 6.66. The van der Waals surface area contributed by atoms with Crippen molar-refractivity contribution in [3.8, 4) is 0 Å². The Morgan fingerprint density at radius 1 is 1.24 bits per heavy atom. The van der Waals surface area contributed by atoms with Gasteiger partial charge in [0.2, 0.25) is 5.91 Å². The van der Waals surface area contributed by atoms with Crippen molar-refractivity contribution in [1.29, 1.82) is 0 Å². The van der Waals surface area contributed by atoms with Crippen molar-refractivity contribution < 1.29 is 18.0 Å². The largest absolute Gasteiger partial charge is 0.416 e. The van der Waals surface area contributed by atoms with Gasteiger partial charge in [-0.15, -0.1) is 0 Å². The second-order valence-electron chi connectivity index (χ2n) is 6.22. The summed E-state index contributed by atoms with van der Waals surface area (Å²) in [5.74, 6) is -0.396. The first kappa shape index (κ1) is 17.5. The van der Waals surface area contributed by atoms with Gasteiger partial charge in [0.25, 0.3) is 0 Å². The Bertz CT molecular complexity index is 504. The molecule has 0 spiro atoms. The van der Waals surface area contributed by atoms with Crippen molar-refractivity contribution in [1.82, 2.24) is 5.32 Å². The van der Waals surface area contributed by atoms with E-state index in [2.05, 4.69) is 5.32 Å². The number of hydrogen-bond acceptors (Lipinski definition) is 2. The summed E-state index contributed by atoms with van der Waals surface area (Å²) in [6.45, 7) is 7.07. The summed E-state index contributed by atoms with van der Waals surface area (Å²) < 4.78 is 38.4. The highest BCUT2D eigenvalue weighted by Crippen LogP contribution is 2.36. The molecule has 3 nitrogen and oxygen atoms in total. The van der Waals surface area contributed by atoms with Crippen LogP contribution >= 0.6 is 0 Å². The Kier molecular flexibility index (Phi) is 5.04. The molecule has 1 unspecified atom stereocenters. The van der Waals surface area contributed by atoms with Gasteiger partial charge in [0.1, 0.15) is 0 Å². The van der Waals surface area contributed by atoms with Crippen LogP contribution in [0.3, 0.4) is 0 Å². The van der Waals surface area contributed by atoms with Crippen LogP contribution in [-0.4, -0.2) is 11.9 Å². The lowest BCUT2D eigenvalue weighted by Gasteiger charge is -2.33.